The van der Waals surface area contributed by atoms with Crippen LogP contribution >= 0.6 is 0 Å². The summed E-state index contributed by atoms with van der Waals surface area (Å²) >= 11 is 0. The van der Waals surface area contributed by atoms with Gasteiger partial charge in [-0.3, -0.25) is 9.59 Å². The molecule has 0 aliphatic carbocycles. The van der Waals surface area contributed by atoms with E-state index in [9.17, 15) is 9.59 Å². The van der Waals surface area contributed by atoms with Gasteiger partial charge in [0.2, 0.25) is 7.28 Å². The molecular weight excluding hydrogens is 337 g/mol. The molecule has 0 saturated carbocycles. The molecule has 0 atom stereocenters. The molecule has 0 saturated heterocycles. The monoisotopic (exact) mass is 361 g/mol. The molecule has 2 aromatic rings. The van der Waals surface area contributed by atoms with E-state index in [0.717, 1.165) is 21.6 Å². The third-order valence-corrected chi connectivity index (χ3v) is 4.45. The number of Topliss-reactive ketones (excluding diaryl/α,β-unsaturated/α-hetero) is 1. The number of carbonyl (C=O) groups is 2. The summed E-state index contributed by atoms with van der Waals surface area (Å²) in [5.41, 5.74) is 2.65. The fourth-order valence-corrected chi connectivity index (χ4v) is 3.21. The molecular formula is C22H24BNO3. The summed E-state index contributed by atoms with van der Waals surface area (Å²) in [6.07, 6.45) is 7.56. The summed E-state index contributed by atoms with van der Waals surface area (Å²) in [5, 5.41) is 10.5. The van der Waals surface area contributed by atoms with Gasteiger partial charge < -0.3 is 9.67 Å². The number of nitrogens with zero attached hydrogens (tertiary/aromatic N) is 1. The maximum atomic E-state index is 13.0. The number of ketones is 1. The molecule has 2 rings (SSSR count). The Morgan fingerprint density at radius 3 is 2.37 bits per heavy atom. The van der Waals surface area contributed by atoms with Crippen molar-refractivity contribution in [3.8, 4) is 0 Å². The van der Waals surface area contributed by atoms with Crippen molar-refractivity contribution in [2.45, 2.75) is 19.3 Å². The van der Waals surface area contributed by atoms with E-state index >= 15 is 0 Å². The number of benzene rings is 1. The van der Waals surface area contributed by atoms with Gasteiger partial charge in [0, 0.05) is 36.0 Å². The van der Waals surface area contributed by atoms with E-state index in [1.807, 2.05) is 54.1 Å². The van der Waals surface area contributed by atoms with E-state index in [4.69, 9.17) is 5.11 Å². The number of aromatic nitrogens is 1. The van der Waals surface area contributed by atoms with Crippen LogP contribution < -0.4 is 21.6 Å². The van der Waals surface area contributed by atoms with Gasteiger partial charge in [-0.2, -0.15) is 0 Å². The van der Waals surface area contributed by atoms with E-state index in [2.05, 4.69) is 13.2 Å². The first-order chi connectivity index (χ1) is 13.0. The van der Waals surface area contributed by atoms with E-state index in [-0.39, 0.29) is 18.6 Å². The molecule has 1 aromatic heterocycles. The van der Waals surface area contributed by atoms with Gasteiger partial charge in [0.05, 0.1) is 0 Å². The van der Waals surface area contributed by atoms with Crippen LogP contribution in [0.15, 0.2) is 55.6 Å². The Hall–Kier alpha value is -3.08. The molecule has 0 aliphatic heterocycles. The van der Waals surface area contributed by atoms with Crippen LogP contribution in [0.1, 0.15) is 29.6 Å². The van der Waals surface area contributed by atoms with Gasteiger partial charge in [-0.1, -0.05) is 67.2 Å². The summed E-state index contributed by atoms with van der Waals surface area (Å²) < 4.78 is 2.01. The van der Waals surface area contributed by atoms with Crippen LogP contribution in [-0.2, 0) is 11.8 Å². The average molecular weight is 361 g/mol. The molecule has 0 unspecified atom stereocenters. The van der Waals surface area contributed by atoms with Crippen molar-refractivity contribution in [3.63, 3.8) is 0 Å². The number of carboxylic acids is 1. The van der Waals surface area contributed by atoms with Crippen molar-refractivity contribution in [1.29, 1.82) is 0 Å². The second-order valence-electron chi connectivity index (χ2n) is 6.32. The Morgan fingerprint density at radius 2 is 1.78 bits per heavy atom. The van der Waals surface area contributed by atoms with Gasteiger partial charge in [0.15, 0.2) is 5.78 Å². The molecule has 0 radical (unpaired) electrons. The molecule has 1 aromatic carbocycles. The van der Waals surface area contributed by atoms with Crippen LogP contribution in [-0.4, -0.2) is 28.7 Å². The van der Waals surface area contributed by atoms with Crippen LogP contribution in [0, 0.1) is 0 Å². The molecule has 27 heavy (non-hydrogen) atoms. The van der Waals surface area contributed by atoms with Crippen molar-refractivity contribution in [2.75, 3.05) is 0 Å². The van der Waals surface area contributed by atoms with Crippen LogP contribution in [0.5, 0.6) is 0 Å². The van der Waals surface area contributed by atoms with Crippen LogP contribution in [0.3, 0.4) is 0 Å². The third kappa shape index (κ3) is 4.97. The van der Waals surface area contributed by atoms with Gasteiger partial charge in [0.25, 0.3) is 0 Å². The summed E-state index contributed by atoms with van der Waals surface area (Å²) in [5.74, 6) is -0.937. The molecule has 0 bridgehead atoms. The van der Waals surface area contributed by atoms with Gasteiger partial charge in [-0.15, -0.1) is 0 Å². The zero-order chi connectivity index (χ0) is 19.8. The summed E-state index contributed by atoms with van der Waals surface area (Å²) in [4.78, 5) is 23.8. The fraction of sp³-hybridized carbons (Fsp3) is 0.182. The first-order valence-corrected chi connectivity index (χ1v) is 8.91. The van der Waals surface area contributed by atoms with Crippen molar-refractivity contribution in [1.82, 2.24) is 4.57 Å². The maximum absolute atomic E-state index is 13.0. The van der Waals surface area contributed by atoms with Gasteiger partial charge >= 0.3 is 5.97 Å². The largest absolute Gasteiger partial charge is 0.481 e. The number of carbonyl (C=O) groups excluding carboxylic acids is 1. The minimum atomic E-state index is -0.890. The second-order valence-corrected chi connectivity index (χ2v) is 6.32. The smallest absolute Gasteiger partial charge is 0.303 e. The first-order valence-electron chi connectivity index (χ1n) is 8.91. The van der Waals surface area contributed by atoms with Gasteiger partial charge in [-0.25, -0.2) is 0 Å². The molecule has 1 heterocycles. The lowest BCUT2D eigenvalue weighted by molar-refractivity contribution is -0.137. The van der Waals surface area contributed by atoms with E-state index < -0.39 is 5.97 Å². The highest BCUT2D eigenvalue weighted by Crippen LogP contribution is 2.02. The van der Waals surface area contributed by atoms with Crippen molar-refractivity contribution < 1.29 is 14.7 Å². The maximum Gasteiger partial charge on any atom is 0.303 e. The SMILES string of the molecule is C=C/C=c1/c(C(=O)CCCC(=O)O)c(Bc2ccccc2)n(C)/c1=C/C=C. The molecule has 0 amide bonds. The molecule has 4 nitrogen and oxygen atoms in total. The highest BCUT2D eigenvalue weighted by Gasteiger charge is 2.20. The standard InChI is InChI=1S/C22H24BNO3/c1-4-10-17-18(11-5-2)24(3)22(23-16-12-7-6-8-13-16)21(17)19(25)14-9-15-20(26)27/h4-8,10-13,23H,1-2,9,14-15H2,3H3,(H,26,27)/b17-10+,18-11+. The summed E-state index contributed by atoms with van der Waals surface area (Å²) in [6, 6.07) is 9.96. The van der Waals surface area contributed by atoms with Gasteiger partial charge in [0.1, 0.15) is 0 Å². The number of aliphatic carboxylic acids is 1. The normalized spacial score (nSPS) is 12.0. The average Bonchev–Trinajstić information content (AvgIpc) is 2.88. The highest BCUT2D eigenvalue weighted by molar-refractivity contribution is 6.68. The van der Waals surface area contributed by atoms with Crippen LogP contribution in [0.4, 0.5) is 0 Å². The number of allylic oxidation sites excluding steroid dienone is 2. The van der Waals surface area contributed by atoms with E-state index in [1.165, 1.54) is 0 Å². The number of hydrogen-bond donors (Lipinski definition) is 1. The zero-order valence-corrected chi connectivity index (χ0v) is 15.6. The lowest BCUT2D eigenvalue weighted by atomic mass is 9.65. The Bertz CT molecular complexity index is 971. The highest BCUT2D eigenvalue weighted by atomic mass is 16.4. The summed E-state index contributed by atoms with van der Waals surface area (Å²) in [7, 11) is 2.54. The first kappa shape index (κ1) is 20.2. The quantitative estimate of drug-likeness (QED) is 0.531. The molecule has 0 spiro atoms. The van der Waals surface area contributed by atoms with Crippen molar-refractivity contribution in [2.24, 2.45) is 7.05 Å². The Balaban J connectivity index is 2.61. The molecule has 0 aliphatic rings. The van der Waals surface area contributed by atoms with Crippen LogP contribution in [0.2, 0.25) is 0 Å². The Morgan fingerprint density at radius 1 is 1.11 bits per heavy atom. The van der Waals surface area contributed by atoms with E-state index in [1.54, 1.807) is 12.2 Å². The molecule has 0 fully saturated rings. The lowest BCUT2D eigenvalue weighted by Crippen LogP contribution is -2.37. The molecule has 1 N–H and O–H groups in total. The number of hydrogen-bond acceptors (Lipinski definition) is 2. The van der Waals surface area contributed by atoms with Crippen molar-refractivity contribution in [3.05, 3.63) is 71.8 Å². The van der Waals surface area contributed by atoms with Crippen molar-refractivity contribution >= 4 is 42.2 Å². The van der Waals surface area contributed by atoms with E-state index in [0.29, 0.717) is 19.3 Å². The predicted molar refractivity (Wildman–Crippen MR) is 113 cm³/mol. The second kappa shape index (κ2) is 9.58. The molecule has 5 heteroatoms. The predicted octanol–water partition coefficient (Wildman–Crippen LogP) is 0.783. The Kier molecular flexibility index (Phi) is 7.18. The van der Waals surface area contributed by atoms with Gasteiger partial charge in [-0.05, 0) is 18.1 Å². The topological polar surface area (TPSA) is 59.3 Å². The number of rotatable bonds is 9. The van der Waals surface area contributed by atoms with Crippen LogP contribution in [0.25, 0.3) is 12.2 Å². The third-order valence-electron chi connectivity index (χ3n) is 4.45. The lowest BCUT2D eigenvalue weighted by Gasteiger charge is -2.07. The number of carboxylic acid groups (broad SMARTS) is 1. The fourth-order valence-electron chi connectivity index (χ4n) is 3.21. The molecule has 138 valence electrons. The minimum absolute atomic E-state index is 0.0151. The minimum Gasteiger partial charge on any atom is -0.481 e. The Labute approximate surface area is 160 Å². The zero-order valence-electron chi connectivity index (χ0n) is 15.6. The summed E-state index contributed by atoms with van der Waals surface area (Å²) in [6.45, 7) is 7.55.